The van der Waals surface area contributed by atoms with Crippen molar-refractivity contribution in [3.63, 3.8) is 0 Å². The Balaban J connectivity index is 1.56. The first-order valence-electron chi connectivity index (χ1n) is 7.81. The summed E-state index contributed by atoms with van der Waals surface area (Å²) in [5.74, 6) is -0.0235. The van der Waals surface area contributed by atoms with Gasteiger partial charge < -0.3 is 10.1 Å². The molecule has 25 heavy (non-hydrogen) atoms. The Hall–Kier alpha value is -2.92. The second kappa shape index (κ2) is 7.77. The number of hydrogen-bond donors (Lipinski definition) is 1. The van der Waals surface area contributed by atoms with E-state index in [-0.39, 0.29) is 18.3 Å². The van der Waals surface area contributed by atoms with Crippen molar-refractivity contribution in [3.8, 4) is 5.75 Å². The van der Waals surface area contributed by atoms with E-state index >= 15 is 0 Å². The molecule has 0 aliphatic heterocycles. The smallest absolute Gasteiger partial charge is 0.315 e. The van der Waals surface area contributed by atoms with Crippen molar-refractivity contribution in [2.45, 2.75) is 13.3 Å². The van der Waals surface area contributed by atoms with Gasteiger partial charge in [-0.05, 0) is 48.2 Å². The van der Waals surface area contributed by atoms with Crippen LogP contribution < -0.4 is 10.1 Å². The zero-order valence-corrected chi connectivity index (χ0v) is 14.5. The third-order valence-electron chi connectivity index (χ3n) is 3.56. The Kier molecular flexibility index (Phi) is 5.26. The molecule has 1 N–H and O–H groups in total. The molecule has 0 bridgehead atoms. The summed E-state index contributed by atoms with van der Waals surface area (Å²) in [7, 11) is 0. The van der Waals surface area contributed by atoms with E-state index in [4.69, 9.17) is 4.74 Å². The Morgan fingerprint density at radius 3 is 2.36 bits per heavy atom. The van der Waals surface area contributed by atoms with Crippen LogP contribution in [-0.2, 0) is 11.2 Å². The first-order chi connectivity index (χ1) is 12.1. The largest absolute Gasteiger partial charge is 0.426 e. The molecule has 4 nitrogen and oxygen atoms in total. The summed E-state index contributed by atoms with van der Waals surface area (Å²) in [5, 5.41) is 4.65. The monoisotopic (exact) mass is 351 g/mol. The molecule has 0 saturated heterocycles. The molecule has 0 atom stereocenters. The lowest BCUT2D eigenvalue weighted by molar-refractivity contribution is -0.133. The standard InChI is InChI=1S/C20H17NO3S/c1-14-4-6-15(7-5-14)13-19(22)24-17-10-8-16(9-11-17)21-20(23)18-3-2-12-25-18/h2-12H,13H2,1H3,(H,21,23). The highest BCUT2D eigenvalue weighted by Crippen LogP contribution is 2.18. The lowest BCUT2D eigenvalue weighted by atomic mass is 10.1. The number of nitrogens with one attached hydrogen (secondary N) is 1. The lowest BCUT2D eigenvalue weighted by Crippen LogP contribution is -2.12. The van der Waals surface area contributed by atoms with Crippen molar-refractivity contribution in [2.75, 3.05) is 5.32 Å². The molecular formula is C20H17NO3S. The number of rotatable bonds is 5. The van der Waals surface area contributed by atoms with Crippen LogP contribution in [0, 0.1) is 6.92 Å². The summed E-state index contributed by atoms with van der Waals surface area (Å²) >= 11 is 1.38. The summed E-state index contributed by atoms with van der Waals surface area (Å²) < 4.78 is 5.33. The van der Waals surface area contributed by atoms with Gasteiger partial charge in [0.25, 0.3) is 5.91 Å². The van der Waals surface area contributed by atoms with E-state index in [0.717, 1.165) is 11.1 Å². The van der Waals surface area contributed by atoms with Gasteiger partial charge in [-0.25, -0.2) is 0 Å². The molecule has 1 aromatic heterocycles. The van der Waals surface area contributed by atoms with Gasteiger partial charge in [0.15, 0.2) is 0 Å². The molecule has 0 saturated carbocycles. The maximum Gasteiger partial charge on any atom is 0.315 e. The number of carbonyl (C=O) groups is 2. The van der Waals surface area contributed by atoms with Gasteiger partial charge in [-0.15, -0.1) is 11.3 Å². The Labute approximate surface area is 150 Å². The topological polar surface area (TPSA) is 55.4 Å². The summed E-state index contributed by atoms with van der Waals surface area (Å²) in [6.07, 6.45) is 0.219. The number of anilines is 1. The van der Waals surface area contributed by atoms with E-state index in [1.807, 2.05) is 42.6 Å². The van der Waals surface area contributed by atoms with E-state index < -0.39 is 0 Å². The minimum Gasteiger partial charge on any atom is -0.426 e. The number of thiophene rings is 1. The van der Waals surface area contributed by atoms with Crippen molar-refractivity contribution < 1.29 is 14.3 Å². The number of benzene rings is 2. The fourth-order valence-electron chi connectivity index (χ4n) is 2.25. The van der Waals surface area contributed by atoms with Crippen molar-refractivity contribution in [1.82, 2.24) is 0 Å². The molecule has 1 amide bonds. The van der Waals surface area contributed by atoms with Crippen molar-refractivity contribution in [3.05, 3.63) is 82.0 Å². The van der Waals surface area contributed by atoms with Gasteiger partial charge in [0.05, 0.1) is 11.3 Å². The maximum absolute atomic E-state index is 12.0. The van der Waals surface area contributed by atoms with Crippen LogP contribution in [0.1, 0.15) is 20.8 Å². The van der Waals surface area contributed by atoms with Crippen molar-refractivity contribution >= 4 is 28.9 Å². The second-order valence-corrected chi connectivity index (χ2v) is 6.54. The van der Waals surface area contributed by atoms with Gasteiger partial charge in [-0.1, -0.05) is 35.9 Å². The van der Waals surface area contributed by atoms with Crippen LogP contribution >= 0.6 is 11.3 Å². The molecule has 0 unspecified atom stereocenters. The van der Waals surface area contributed by atoms with E-state index in [9.17, 15) is 9.59 Å². The van der Waals surface area contributed by atoms with Crippen LogP contribution in [-0.4, -0.2) is 11.9 Å². The fraction of sp³-hybridized carbons (Fsp3) is 0.100. The van der Waals surface area contributed by atoms with E-state index in [0.29, 0.717) is 16.3 Å². The first kappa shape index (κ1) is 16.9. The molecule has 1 heterocycles. The molecule has 0 radical (unpaired) electrons. The Morgan fingerprint density at radius 2 is 1.72 bits per heavy atom. The highest BCUT2D eigenvalue weighted by atomic mass is 32.1. The molecule has 0 fully saturated rings. The molecular weight excluding hydrogens is 334 g/mol. The number of carbonyl (C=O) groups excluding carboxylic acids is 2. The summed E-state index contributed by atoms with van der Waals surface area (Å²) in [6.45, 7) is 2.00. The molecule has 0 spiro atoms. The lowest BCUT2D eigenvalue weighted by Gasteiger charge is -2.07. The average Bonchev–Trinajstić information content (AvgIpc) is 3.13. The Morgan fingerprint density at radius 1 is 1.00 bits per heavy atom. The molecule has 0 aliphatic carbocycles. The molecule has 126 valence electrons. The zero-order valence-electron chi connectivity index (χ0n) is 13.7. The molecule has 2 aromatic carbocycles. The quantitative estimate of drug-likeness (QED) is 0.545. The minimum atomic E-state index is -0.320. The van der Waals surface area contributed by atoms with E-state index in [1.54, 1.807) is 30.3 Å². The van der Waals surface area contributed by atoms with Crippen LogP contribution in [0.25, 0.3) is 0 Å². The van der Waals surface area contributed by atoms with Crippen molar-refractivity contribution in [2.24, 2.45) is 0 Å². The summed E-state index contributed by atoms with van der Waals surface area (Å²) in [6, 6.07) is 18.1. The molecule has 0 aliphatic rings. The number of amides is 1. The summed E-state index contributed by atoms with van der Waals surface area (Å²) in [5.41, 5.74) is 2.71. The van der Waals surface area contributed by atoms with Gasteiger partial charge in [0.2, 0.25) is 0 Å². The van der Waals surface area contributed by atoms with Gasteiger partial charge in [0.1, 0.15) is 5.75 Å². The predicted octanol–water partition coefficient (Wildman–Crippen LogP) is 4.46. The second-order valence-electron chi connectivity index (χ2n) is 5.59. The third kappa shape index (κ3) is 4.78. The highest BCUT2D eigenvalue weighted by molar-refractivity contribution is 7.12. The zero-order chi connectivity index (χ0) is 17.6. The van der Waals surface area contributed by atoms with Crippen LogP contribution in [0.15, 0.2) is 66.0 Å². The van der Waals surface area contributed by atoms with Gasteiger partial charge >= 0.3 is 5.97 Å². The predicted molar refractivity (Wildman–Crippen MR) is 99.2 cm³/mol. The normalized spacial score (nSPS) is 10.3. The highest BCUT2D eigenvalue weighted by Gasteiger charge is 2.09. The van der Waals surface area contributed by atoms with E-state index in [1.165, 1.54) is 11.3 Å². The maximum atomic E-state index is 12.0. The van der Waals surface area contributed by atoms with Gasteiger partial charge in [-0.3, -0.25) is 9.59 Å². The minimum absolute atomic E-state index is 0.154. The first-order valence-corrected chi connectivity index (χ1v) is 8.69. The van der Waals surface area contributed by atoms with Crippen LogP contribution in [0.4, 0.5) is 5.69 Å². The average molecular weight is 351 g/mol. The van der Waals surface area contributed by atoms with Crippen LogP contribution in [0.3, 0.4) is 0 Å². The van der Waals surface area contributed by atoms with E-state index in [2.05, 4.69) is 5.32 Å². The number of ether oxygens (including phenoxy) is 1. The van der Waals surface area contributed by atoms with Gasteiger partial charge in [0, 0.05) is 5.69 Å². The molecule has 5 heteroatoms. The van der Waals surface area contributed by atoms with Gasteiger partial charge in [-0.2, -0.15) is 0 Å². The SMILES string of the molecule is Cc1ccc(CC(=O)Oc2ccc(NC(=O)c3cccs3)cc2)cc1. The van der Waals surface area contributed by atoms with Crippen LogP contribution in [0.2, 0.25) is 0 Å². The fourth-order valence-corrected chi connectivity index (χ4v) is 2.87. The Bertz CT molecular complexity index is 853. The molecule has 3 rings (SSSR count). The number of aryl methyl sites for hydroxylation is 1. The van der Waals surface area contributed by atoms with Crippen molar-refractivity contribution in [1.29, 1.82) is 0 Å². The van der Waals surface area contributed by atoms with Crippen LogP contribution in [0.5, 0.6) is 5.75 Å². The molecule has 3 aromatic rings. The number of hydrogen-bond acceptors (Lipinski definition) is 4. The number of esters is 1. The third-order valence-corrected chi connectivity index (χ3v) is 4.43. The summed E-state index contributed by atoms with van der Waals surface area (Å²) in [4.78, 5) is 24.6.